The van der Waals surface area contributed by atoms with Gasteiger partial charge < -0.3 is 18.6 Å². The zero-order valence-electron chi connectivity index (χ0n) is 17.4. The van der Waals surface area contributed by atoms with Crippen LogP contribution in [0.2, 0.25) is 18.1 Å². The third-order valence-electron chi connectivity index (χ3n) is 5.91. The lowest BCUT2D eigenvalue weighted by molar-refractivity contribution is -0.197. The van der Waals surface area contributed by atoms with Crippen LogP contribution in [-0.2, 0) is 28.5 Å². The molecule has 0 amide bonds. The highest BCUT2D eigenvalue weighted by Crippen LogP contribution is 2.49. The largest absolute Gasteiger partial charge is 0.414 e. The van der Waals surface area contributed by atoms with E-state index in [0.717, 1.165) is 12.8 Å². The van der Waals surface area contributed by atoms with Crippen LogP contribution in [-0.4, -0.2) is 47.5 Å². The van der Waals surface area contributed by atoms with Gasteiger partial charge in [-0.05, 0) is 49.5 Å². The van der Waals surface area contributed by atoms with E-state index >= 15 is 0 Å². The number of hydrogen-bond acceptors (Lipinski definition) is 6. The van der Waals surface area contributed by atoms with Crippen LogP contribution in [0.15, 0.2) is 35.2 Å². The van der Waals surface area contributed by atoms with Crippen LogP contribution < -0.4 is 0 Å². The fourth-order valence-electron chi connectivity index (χ4n) is 2.96. The van der Waals surface area contributed by atoms with E-state index in [1.807, 2.05) is 0 Å². The Morgan fingerprint density at radius 3 is 2.43 bits per heavy atom. The number of benzene rings is 1. The Bertz CT molecular complexity index is 768. The SMILES string of the molecule is CC(C)(C)[Si](C)(C)OC[C@H]1O[C@]1(OC1CCCCO1)S(=O)(=O)c1ccccc1. The molecule has 6 nitrogen and oxygen atoms in total. The van der Waals surface area contributed by atoms with E-state index < -0.39 is 35.7 Å². The normalized spacial score (nSPS) is 28.9. The van der Waals surface area contributed by atoms with Gasteiger partial charge in [0, 0.05) is 6.61 Å². The van der Waals surface area contributed by atoms with Crippen LogP contribution in [0, 0.1) is 0 Å². The van der Waals surface area contributed by atoms with Crippen molar-refractivity contribution in [3.63, 3.8) is 0 Å². The lowest BCUT2D eigenvalue weighted by atomic mass is 10.2. The summed E-state index contributed by atoms with van der Waals surface area (Å²) in [5.74, 6) is 0. The molecule has 0 spiro atoms. The van der Waals surface area contributed by atoms with E-state index in [0.29, 0.717) is 13.0 Å². The zero-order valence-corrected chi connectivity index (χ0v) is 19.3. The average Bonchev–Trinajstić information content (AvgIpc) is 3.35. The van der Waals surface area contributed by atoms with Gasteiger partial charge in [-0.15, -0.1) is 0 Å². The summed E-state index contributed by atoms with van der Waals surface area (Å²) in [5, 5.41) is -1.71. The maximum atomic E-state index is 13.4. The third-order valence-corrected chi connectivity index (χ3v) is 12.5. The van der Waals surface area contributed by atoms with Gasteiger partial charge >= 0.3 is 5.12 Å². The third kappa shape index (κ3) is 4.22. The fraction of sp³-hybridized carbons (Fsp3) is 0.700. The predicted octanol–water partition coefficient (Wildman–Crippen LogP) is 4.08. The van der Waals surface area contributed by atoms with Crippen molar-refractivity contribution >= 4 is 18.2 Å². The number of epoxide rings is 1. The molecule has 0 aromatic heterocycles. The first-order valence-corrected chi connectivity index (χ1v) is 14.3. The molecule has 0 N–H and O–H groups in total. The summed E-state index contributed by atoms with van der Waals surface area (Å²) in [6, 6.07) is 8.30. The van der Waals surface area contributed by atoms with Crippen LogP contribution in [0.3, 0.4) is 0 Å². The number of ether oxygens (including phenoxy) is 3. The maximum absolute atomic E-state index is 13.4. The van der Waals surface area contributed by atoms with E-state index in [1.54, 1.807) is 30.3 Å². The quantitative estimate of drug-likeness (QED) is 0.481. The molecular formula is C20H32O6SSi. The number of hydrogen-bond donors (Lipinski definition) is 0. The van der Waals surface area contributed by atoms with Gasteiger partial charge in [-0.2, -0.15) is 0 Å². The van der Waals surface area contributed by atoms with Crippen molar-refractivity contribution in [2.45, 2.75) is 80.6 Å². The molecule has 2 saturated heterocycles. The highest BCUT2D eigenvalue weighted by atomic mass is 32.2. The van der Waals surface area contributed by atoms with Crippen LogP contribution in [0.25, 0.3) is 0 Å². The van der Waals surface area contributed by atoms with Crippen LogP contribution in [0.1, 0.15) is 40.0 Å². The van der Waals surface area contributed by atoms with Crippen LogP contribution >= 0.6 is 0 Å². The summed E-state index contributed by atoms with van der Waals surface area (Å²) in [5.41, 5.74) is 0. The summed E-state index contributed by atoms with van der Waals surface area (Å²) >= 11 is 0. The van der Waals surface area contributed by atoms with Crippen LogP contribution in [0.5, 0.6) is 0 Å². The Kier molecular flexibility index (Phi) is 6.12. The molecule has 2 fully saturated rings. The van der Waals surface area contributed by atoms with E-state index in [2.05, 4.69) is 33.9 Å². The van der Waals surface area contributed by atoms with Crippen molar-refractivity contribution in [3.8, 4) is 0 Å². The Hall–Kier alpha value is -0.773. The van der Waals surface area contributed by atoms with E-state index in [-0.39, 0.29) is 16.5 Å². The molecule has 1 unspecified atom stereocenters. The minimum Gasteiger partial charge on any atom is -0.414 e. The lowest BCUT2D eigenvalue weighted by Crippen LogP contribution is -2.43. The molecule has 28 heavy (non-hydrogen) atoms. The molecule has 1 aromatic carbocycles. The minimum absolute atomic E-state index is 0.0240. The molecule has 0 radical (unpaired) electrons. The van der Waals surface area contributed by atoms with Crippen molar-refractivity contribution in [2.24, 2.45) is 0 Å². The Labute approximate surface area is 169 Å². The van der Waals surface area contributed by atoms with Gasteiger partial charge in [0.2, 0.25) is 9.84 Å². The van der Waals surface area contributed by atoms with Crippen molar-refractivity contribution in [1.29, 1.82) is 0 Å². The van der Waals surface area contributed by atoms with Gasteiger partial charge in [0.15, 0.2) is 20.7 Å². The molecule has 0 aliphatic carbocycles. The van der Waals surface area contributed by atoms with Gasteiger partial charge in [-0.1, -0.05) is 39.0 Å². The monoisotopic (exact) mass is 428 g/mol. The van der Waals surface area contributed by atoms with Crippen molar-refractivity contribution in [2.75, 3.05) is 13.2 Å². The summed E-state index contributed by atoms with van der Waals surface area (Å²) in [6.45, 7) is 11.5. The Balaban J connectivity index is 1.82. The first kappa shape index (κ1) is 21.9. The van der Waals surface area contributed by atoms with Gasteiger partial charge in [-0.25, -0.2) is 8.42 Å². The summed E-state index contributed by atoms with van der Waals surface area (Å²) in [6.07, 6.45) is 1.31. The van der Waals surface area contributed by atoms with Crippen molar-refractivity contribution in [3.05, 3.63) is 30.3 Å². The Morgan fingerprint density at radius 2 is 1.86 bits per heavy atom. The van der Waals surface area contributed by atoms with E-state index in [4.69, 9.17) is 18.6 Å². The molecule has 3 atom stereocenters. The summed E-state index contributed by atoms with van der Waals surface area (Å²) in [4.78, 5) is 0.181. The maximum Gasteiger partial charge on any atom is 0.310 e. The minimum atomic E-state index is -3.87. The molecule has 2 heterocycles. The van der Waals surface area contributed by atoms with Gasteiger partial charge in [-0.3, -0.25) is 0 Å². The second kappa shape index (κ2) is 7.81. The lowest BCUT2D eigenvalue weighted by Gasteiger charge is -2.36. The summed E-state index contributed by atoms with van der Waals surface area (Å²) in [7, 11) is -5.91. The average molecular weight is 429 g/mol. The van der Waals surface area contributed by atoms with Crippen LogP contribution in [0.4, 0.5) is 0 Å². The number of sulfone groups is 1. The topological polar surface area (TPSA) is 74.4 Å². The van der Waals surface area contributed by atoms with E-state index in [1.165, 1.54) is 0 Å². The second-order valence-electron chi connectivity index (χ2n) is 9.01. The highest BCUT2D eigenvalue weighted by molar-refractivity contribution is 7.92. The smallest absolute Gasteiger partial charge is 0.310 e. The first-order valence-electron chi connectivity index (χ1n) is 9.90. The standard InChI is InChI=1S/C20H32O6SSi/c1-19(2,3)28(4,5)24-15-17-20(25-17,26-18-13-9-10-14-23-18)27(21,22)16-11-7-6-8-12-16/h6-8,11-12,17-18H,9-10,13-15H2,1-5H3/t17-,18?,20-/m1/s1. The number of rotatable bonds is 7. The van der Waals surface area contributed by atoms with Gasteiger partial charge in [0.05, 0.1) is 11.5 Å². The zero-order chi connectivity index (χ0) is 20.6. The Morgan fingerprint density at radius 1 is 1.18 bits per heavy atom. The predicted molar refractivity (Wildman–Crippen MR) is 109 cm³/mol. The summed E-state index contributed by atoms with van der Waals surface area (Å²) < 4.78 is 50.3. The molecule has 1 aromatic rings. The van der Waals surface area contributed by atoms with E-state index in [9.17, 15) is 8.42 Å². The van der Waals surface area contributed by atoms with Crippen molar-refractivity contribution < 1.29 is 27.1 Å². The van der Waals surface area contributed by atoms with Crippen molar-refractivity contribution in [1.82, 2.24) is 0 Å². The van der Waals surface area contributed by atoms with Gasteiger partial charge in [0.1, 0.15) is 0 Å². The molecular weight excluding hydrogens is 396 g/mol. The fourth-order valence-corrected chi connectivity index (χ4v) is 5.69. The molecule has 2 aliphatic rings. The highest BCUT2D eigenvalue weighted by Gasteiger charge is 2.70. The molecule has 158 valence electrons. The second-order valence-corrected chi connectivity index (χ2v) is 15.9. The molecule has 0 saturated carbocycles. The molecule has 3 rings (SSSR count). The first-order chi connectivity index (χ1) is 13.0. The molecule has 2 aliphatic heterocycles. The van der Waals surface area contributed by atoms with Gasteiger partial charge in [0.25, 0.3) is 0 Å². The molecule has 8 heteroatoms. The molecule has 0 bridgehead atoms.